The molecule has 8 heteroatoms. The second-order valence-corrected chi connectivity index (χ2v) is 11.8. The van der Waals surface area contributed by atoms with E-state index in [4.69, 9.17) is 0 Å². The van der Waals surface area contributed by atoms with Crippen LogP contribution in [0.15, 0.2) is 36.4 Å². The molecule has 2 aliphatic heterocycles. The number of benzene rings is 2. The van der Waals surface area contributed by atoms with Gasteiger partial charge in [-0.25, -0.2) is 8.78 Å². The molecule has 0 saturated carbocycles. The molecule has 2 saturated heterocycles. The van der Waals surface area contributed by atoms with E-state index in [1.54, 1.807) is 0 Å². The van der Waals surface area contributed by atoms with Crippen molar-refractivity contribution in [3.63, 3.8) is 0 Å². The van der Waals surface area contributed by atoms with Gasteiger partial charge in [0.25, 0.3) is 0 Å². The van der Waals surface area contributed by atoms with E-state index in [2.05, 4.69) is 36.9 Å². The Hall–Kier alpha value is -2.84. The molecule has 3 aliphatic rings. The summed E-state index contributed by atoms with van der Waals surface area (Å²) in [6.07, 6.45) is 3.73. The molecule has 0 radical (unpaired) electrons. The molecular formula is C31H39F2N3O3. The summed E-state index contributed by atoms with van der Waals surface area (Å²) in [5.74, 6) is -2.94. The molecule has 1 amide bonds. The molecule has 5 rings (SSSR count). The van der Waals surface area contributed by atoms with Crippen molar-refractivity contribution in [1.82, 2.24) is 14.7 Å². The van der Waals surface area contributed by atoms with Gasteiger partial charge in [-0.3, -0.25) is 19.4 Å². The largest absolute Gasteiger partial charge is 0.480 e. The van der Waals surface area contributed by atoms with Gasteiger partial charge in [0.05, 0.1) is 5.92 Å². The molecule has 6 nitrogen and oxygen atoms in total. The van der Waals surface area contributed by atoms with Crippen LogP contribution in [0.5, 0.6) is 0 Å². The molecule has 39 heavy (non-hydrogen) atoms. The fourth-order valence-corrected chi connectivity index (χ4v) is 6.78. The van der Waals surface area contributed by atoms with Crippen LogP contribution in [0, 0.1) is 17.6 Å². The number of carboxylic acid groups (broad SMARTS) is 1. The number of likely N-dealkylation sites (tertiary alicyclic amines) is 1. The highest BCUT2D eigenvalue weighted by atomic mass is 19.1. The van der Waals surface area contributed by atoms with Gasteiger partial charge < -0.3 is 10.0 Å². The van der Waals surface area contributed by atoms with Gasteiger partial charge in [-0.15, -0.1) is 0 Å². The Bertz CT molecular complexity index is 1240. The standard InChI is InChI=1S/C31H39F2N3O3/c1-19(2)35-17-26(25-10-9-24(32)15-28(25)33)27(18-35)30(37)36-12-11-34(16-20(36)3)29(31(38)39)14-21-7-8-22-5-4-6-23(22)13-21/h7-10,13,15,19-20,26-27,29H,4-6,11-12,14,16-18H2,1-3H3,(H,38,39)/t20-,26-,27+,29-/m0/s1. The number of aryl methyl sites for hydroxylation is 2. The maximum Gasteiger partial charge on any atom is 0.321 e. The Balaban J connectivity index is 1.30. The van der Waals surface area contributed by atoms with Crippen molar-refractivity contribution in [3.05, 3.63) is 70.3 Å². The Labute approximate surface area is 229 Å². The van der Waals surface area contributed by atoms with E-state index >= 15 is 0 Å². The highest BCUT2D eigenvalue weighted by molar-refractivity contribution is 5.81. The van der Waals surface area contributed by atoms with Gasteiger partial charge in [-0.2, -0.15) is 0 Å². The second-order valence-electron chi connectivity index (χ2n) is 11.8. The lowest BCUT2D eigenvalue weighted by molar-refractivity contribution is -0.147. The number of hydrogen-bond acceptors (Lipinski definition) is 4. The zero-order chi connectivity index (χ0) is 27.8. The van der Waals surface area contributed by atoms with Crippen molar-refractivity contribution in [2.45, 2.75) is 70.5 Å². The van der Waals surface area contributed by atoms with E-state index in [9.17, 15) is 23.5 Å². The normalized spacial score (nSPS) is 24.8. The van der Waals surface area contributed by atoms with Crippen LogP contribution in [0.3, 0.4) is 0 Å². The minimum atomic E-state index is -0.849. The number of piperazine rings is 1. The predicted octanol–water partition coefficient (Wildman–Crippen LogP) is 4.11. The smallest absolute Gasteiger partial charge is 0.321 e. The summed E-state index contributed by atoms with van der Waals surface area (Å²) in [4.78, 5) is 32.3. The third kappa shape index (κ3) is 5.73. The van der Waals surface area contributed by atoms with Gasteiger partial charge in [-0.1, -0.05) is 24.3 Å². The number of hydrogen-bond donors (Lipinski definition) is 1. The van der Waals surface area contributed by atoms with Crippen LogP contribution in [0.4, 0.5) is 8.78 Å². The fraction of sp³-hybridized carbons (Fsp3) is 0.548. The number of carbonyl (C=O) groups excluding carboxylic acids is 1. The molecule has 210 valence electrons. The minimum absolute atomic E-state index is 0.0375. The number of amides is 1. The Morgan fingerprint density at radius 1 is 0.974 bits per heavy atom. The van der Waals surface area contributed by atoms with E-state index in [0.29, 0.717) is 44.7 Å². The summed E-state index contributed by atoms with van der Waals surface area (Å²) in [5, 5.41) is 10.1. The Morgan fingerprint density at radius 3 is 2.44 bits per heavy atom. The average molecular weight is 540 g/mol. The quantitative estimate of drug-likeness (QED) is 0.574. The van der Waals surface area contributed by atoms with Crippen LogP contribution in [0.25, 0.3) is 0 Å². The SMILES string of the molecule is CC(C)N1C[C@@H](C(=O)N2CCN([C@@H](Cc3ccc4c(c3)CCC4)C(=O)O)C[C@@H]2C)[C@H](c2ccc(F)cc2F)C1. The summed E-state index contributed by atoms with van der Waals surface area (Å²) in [7, 11) is 0. The van der Waals surface area contributed by atoms with Gasteiger partial charge in [0.15, 0.2) is 0 Å². The lowest BCUT2D eigenvalue weighted by atomic mass is 9.87. The summed E-state index contributed by atoms with van der Waals surface area (Å²) in [6.45, 7) is 8.47. The first kappa shape index (κ1) is 27.7. The Morgan fingerprint density at radius 2 is 1.74 bits per heavy atom. The number of halogens is 2. The predicted molar refractivity (Wildman–Crippen MR) is 146 cm³/mol. The van der Waals surface area contributed by atoms with E-state index in [1.807, 2.05) is 16.7 Å². The van der Waals surface area contributed by atoms with Crippen molar-refractivity contribution in [1.29, 1.82) is 0 Å². The molecule has 0 bridgehead atoms. The van der Waals surface area contributed by atoms with E-state index in [1.165, 1.54) is 23.3 Å². The van der Waals surface area contributed by atoms with Gasteiger partial charge in [0, 0.05) is 56.8 Å². The molecule has 0 unspecified atom stereocenters. The number of rotatable bonds is 7. The maximum absolute atomic E-state index is 14.8. The van der Waals surface area contributed by atoms with E-state index < -0.39 is 29.6 Å². The van der Waals surface area contributed by atoms with Crippen molar-refractivity contribution in [2.24, 2.45) is 5.92 Å². The van der Waals surface area contributed by atoms with Crippen LogP contribution >= 0.6 is 0 Å². The molecule has 1 aliphatic carbocycles. The van der Waals surface area contributed by atoms with Crippen molar-refractivity contribution in [2.75, 3.05) is 32.7 Å². The second kappa shape index (κ2) is 11.3. The van der Waals surface area contributed by atoms with Crippen molar-refractivity contribution >= 4 is 11.9 Å². The molecule has 2 fully saturated rings. The number of carbonyl (C=O) groups is 2. The zero-order valence-electron chi connectivity index (χ0n) is 23.1. The first-order chi connectivity index (χ1) is 18.6. The maximum atomic E-state index is 14.8. The van der Waals surface area contributed by atoms with E-state index in [-0.39, 0.29) is 23.9 Å². The zero-order valence-corrected chi connectivity index (χ0v) is 23.1. The third-order valence-corrected chi connectivity index (χ3v) is 9.02. The molecule has 2 heterocycles. The van der Waals surface area contributed by atoms with Gasteiger partial charge in [0.1, 0.15) is 17.7 Å². The molecule has 1 N–H and O–H groups in total. The van der Waals surface area contributed by atoms with Gasteiger partial charge in [-0.05, 0) is 74.8 Å². The van der Waals surface area contributed by atoms with Crippen LogP contribution in [-0.2, 0) is 28.9 Å². The van der Waals surface area contributed by atoms with Crippen LogP contribution in [0.2, 0.25) is 0 Å². The summed E-state index contributed by atoms with van der Waals surface area (Å²) in [5.41, 5.74) is 4.12. The minimum Gasteiger partial charge on any atom is -0.480 e. The molecule has 2 aromatic rings. The number of carboxylic acids is 1. The monoisotopic (exact) mass is 539 g/mol. The third-order valence-electron chi connectivity index (χ3n) is 9.02. The first-order valence-corrected chi connectivity index (χ1v) is 14.2. The molecule has 2 aromatic carbocycles. The topological polar surface area (TPSA) is 64.1 Å². The lowest BCUT2D eigenvalue weighted by Gasteiger charge is -2.43. The summed E-state index contributed by atoms with van der Waals surface area (Å²) < 4.78 is 28.4. The molecule has 0 aromatic heterocycles. The van der Waals surface area contributed by atoms with Crippen molar-refractivity contribution in [3.8, 4) is 0 Å². The summed E-state index contributed by atoms with van der Waals surface area (Å²) >= 11 is 0. The van der Waals surface area contributed by atoms with Gasteiger partial charge in [0.2, 0.25) is 5.91 Å². The molecule has 4 atom stereocenters. The average Bonchev–Trinajstić information content (AvgIpc) is 3.54. The van der Waals surface area contributed by atoms with Crippen molar-refractivity contribution < 1.29 is 23.5 Å². The number of fused-ring (bicyclic) bond motifs is 1. The fourth-order valence-electron chi connectivity index (χ4n) is 6.78. The van der Waals surface area contributed by atoms with Crippen LogP contribution < -0.4 is 0 Å². The van der Waals surface area contributed by atoms with Crippen LogP contribution in [0.1, 0.15) is 55.4 Å². The lowest BCUT2D eigenvalue weighted by Crippen LogP contribution is -2.59. The van der Waals surface area contributed by atoms with Crippen LogP contribution in [-0.4, -0.2) is 82.5 Å². The Kier molecular flexibility index (Phi) is 8.06. The highest BCUT2D eigenvalue weighted by Gasteiger charge is 2.44. The summed E-state index contributed by atoms with van der Waals surface area (Å²) in [6, 6.07) is 9.33. The molecule has 0 spiro atoms. The first-order valence-electron chi connectivity index (χ1n) is 14.2. The highest BCUT2D eigenvalue weighted by Crippen LogP contribution is 2.37. The van der Waals surface area contributed by atoms with Gasteiger partial charge >= 0.3 is 5.97 Å². The van der Waals surface area contributed by atoms with E-state index in [0.717, 1.165) is 30.9 Å². The number of nitrogens with zero attached hydrogens (tertiary/aromatic N) is 3. The molecular weight excluding hydrogens is 500 g/mol. The number of aliphatic carboxylic acids is 1.